The number of carbonyl (C=O) groups is 1. The summed E-state index contributed by atoms with van der Waals surface area (Å²) in [6, 6.07) is 11.5. The van der Waals surface area contributed by atoms with E-state index in [0.29, 0.717) is 5.56 Å². The van der Waals surface area contributed by atoms with Crippen LogP contribution in [0.3, 0.4) is 0 Å². The maximum absolute atomic E-state index is 11.9. The van der Waals surface area contributed by atoms with E-state index < -0.39 is 0 Å². The normalized spacial score (nSPS) is 11.4. The van der Waals surface area contributed by atoms with Gasteiger partial charge in [-0.25, -0.2) is 5.43 Å². The van der Waals surface area contributed by atoms with Crippen LogP contribution in [0.15, 0.2) is 41.5 Å². The number of amides is 1. The molecule has 1 heterocycles. The van der Waals surface area contributed by atoms with Gasteiger partial charge in [0, 0.05) is 10.4 Å². The first kappa shape index (κ1) is 13.5. The molecule has 2 rings (SSSR count). The molecule has 0 atom stereocenters. The summed E-state index contributed by atoms with van der Waals surface area (Å²) in [7, 11) is 0. The van der Waals surface area contributed by atoms with Crippen molar-refractivity contribution in [2.24, 2.45) is 5.10 Å². The van der Waals surface area contributed by atoms with Gasteiger partial charge < -0.3 is 0 Å². The van der Waals surface area contributed by atoms with Crippen LogP contribution in [0.4, 0.5) is 0 Å². The van der Waals surface area contributed by atoms with Crippen molar-refractivity contribution < 1.29 is 4.79 Å². The second-order valence-electron chi connectivity index (χ2n) is 4.42. The Morgan fingerprint density at radius 1 is 1.21 bits per heavy atom. The third-order valence-electron chi connectivity index (χ3n) is 2.70. The van der Waals surface area contributed by atoms with Crippen molar-refractivity contribution >= 4 is 23.0 Å². The summed E-state index contributed by atoms with van der Waals surface area (Å²) < 4.78 is 0. The first-order valence-electron chi connectivity index (χ1n) is 6.04. The standard InChI is InChI=1S/C15H16N2OS/c1-10-5-4-6-13(9-10)15(18)17-16-12(3)14-8-7-11(2)19-14/h4-9H,1-3H3,(H,17,18). The Morgan fingerprint density at radius 3 is 2.63 bits per heavy atom. The lowest BCUT2D eigenvalue weighted by molar-refractivity contribution is 0.0955. The molecule has 0 spiro atoms. The molecule has 4 heteroatoms. The first-order valence-corrected chi connectivity index (χ1v) is 6.86. The zero-order valence-corrected chi connectivity index (χ0v) is 12.0. The van der Waals surface area contributed by atoms with E-state index in [-0.39, 0.29) is 5.91 Å². The quantitative estimate of drug-likeness (QED) is 0.674. The number of hydrogen-bond acceptors (Lipinski definition) is 3. The second-order valence-corrected chi connectivity index (χ2v) is 5.71. The molecular formula is C15H16N2OS. The van der Waals surface area contributed by atoms with Crippen LogP contribution in [-0.2, 0) is 0 Å². The molecule has 1 amide bonds. The van der Waals surface area contributed by atoms with E-state index in [2.05, 4.69) is 10.5 Å². The maximum atomic E-state index is 11.9. The van der Waals surface area contributed by atoms with Crippen LogP contribution < -0.4 is 5.43 Å². The first-order chi connectivity index (χ1) is 9.06. The van der Waals surface area contributed by atoms with E-state index >= 15 is 0 Å². The van der Waals surface area contributed by atoms with E-state index in [9.17, 15) is 4.79 Å². The van der Waals surface area contributed by atoms with Gasteiger partial charge in [0.05, 0.1) is 10.6 Å². The molecule has 3 nitrogen and oxygen atoms in total. The number of hydrogen-bond donors (Lipinski definition) is 1. The molecule has 0 aliphatic rings. The Morgan fingerprint density at radius 2 is 2.00 bits per heavy atom. The van der Waals surface area contributed by atoms with E-state index in [4.69, 9.17) is 0 Å². The average molecular weight is 272 g/mol. The lowest BCUT2D eigenvalue weighted by Crippen LogP contribution is -2.19. The number of benzene rings is 1. The summed E-state index contributed by atoms with van der Waals surface area (Å²) in [5.41, 5.74) is 5.09. The van der Waals surface area contributed by atoms with Crippen LogP contribution >= 0.6 is 11.3 Å². The minimum Gasteiger partial charge on any atom is -0.267 e. The van der Waals surface area contributed by atoms with Crippen LogP contribution in [0.25, 0.3) is 0 Å². The predicted octanol–water partition coefficient (Wildman–Crippen LogP) is 3.52. The summed E-state index contributed by atoms with van der Waals surface area (Å²) in [6.07, 6.45) is 0. The molecule has 98 valence electrons. The molecule has 1 aromatic heterocycles. The molecule has 0 radical (unpaired) electrons. The zero-order chi connectivity index (χ0) is 13.8. The highest BCUT2D eigenvalue weighted by Crippen LogP contribution is 2.15. The fraction of sp³-hybridized carbons (Fsp3) is 0.200. The average Bonchev–Trinajstić information content (AvgIpc) is 2.82. The van der Waals surface area contributed by atoms with Crippen molar-refractivity contribution in [1.82, 2.24) is 5.43 Å². The molecule has 0 aliphatic carbocycles. The van der Waals surface area contributed by atoms with Crippen molar-refractivity contribution in [2.45, 2.75) is 20.8 Å². The number of carbonyl (C=O) groups excluding carboxylic acids is 1. The van der Waals surface area contributed by atoms with Crippen LogP contribution in [0, 0.1) is 13.8 Å². The van der Waals surface area contributed by atoms with E-state index in [1.54, 1.807) is 17.4 Å². The molecule has 1 aromatic carbocycles. The lowest BCUT2D eigenvalue weighted by Gasteiger charge is -2.02. The molecule has 0 aliphatic heterocycles. The SMILES string of the molecule is CC(=NNC(=O)c1cccc(C)c1)c1ccc(C)s1. The Labute approximate surface area is 117 Å². The van der Waals surface area contributed by atoms with Gasteiger partial charge in [-0.1, -0.05) is 17.7 Å². The summed E-state index contributed by atoms with van der Waals surface area (Å²) in [4.78, 5) is 14.2. The fourth-order valence-corrected chi connectivity index (χ4v) is 2.48. The van der Waals surface area contributed by atoms with Gasteiger partial charge in [-0.3, -0.25) is 4.79 Å². The smallest absolute Gasteiger partial charge is 0.267 e. The molecule has 1 N–H and O–H groups in total. The number of nitrogens with zero attached hydrogens (tertiary/aromatic N) is 1. The third-order valence-corrected chi connectivity index (χ3v) is 3.81. The zero-order valence-electron chi connectivity index (χ0n) is 11.2. The third kappa shape index (κ3) is 3.51. The monoisotopic (exact) mass is 272 g/mol. The van der Waals surface area contributed by atoms with Gasteiger partial charge in [-0.05, 0) is 45.0 Å². The summed E-state index contributed by atoms with van der Waals surface area (Å²) >= 11 is 1.66. The minimum absolute atomic E-state index is 0.184. The van der Waals surface area contributed by atoms with Gasteiger partial charge in [-0.2, -0.15) is 5.10 Å². The van der Waals surface area contributed by atoms with Gasteiger partial charge in [0.1, 0.15) is 0 Å². The van der Waals surface area contributed by atoms with Crippen LogP contribution in [-0.4, -0.2) is 11.6 Å². The number of aryl methyl sites for hydroxylation is 2. The molecule has 2 aromatic rings. The lowest BCUT2D eigenvalue weighted by atomic mass is 10.1. The number of hydrazone groups is 1. The maximum Gasteiger partial charge on any atom is 0.271 e. The molecule has 0 fully saturated rings. The Hall–Kier alpha value is -1.94. The molecule has 0 unspecified atom stereocenters. The summed E-state index contributed by atoms with van der Waals surface area (Å²) in [6.45, 7) is 5.90. The molecular weight excluding hydrogens is 256 g/mol. The Balaban J connectivity index is 2.07. The van der Waals surface area contributed by atoms with Crippen LogP contribution in [0.1, 0.15) is 32.6 Å². The number of rotatable bonds is 3. The van der Waals surface area contributed by atoms with Gasteiger partial charge in [0.15, 0.2) is 0 Å². The van der Waals surface area contributed by atoms with Crippen LogP contribution in [0.2, 0.25) is 0 Å². The minimum atomic E-state index is -0.184. The molecule has 0 bridgehead atoms. The number of thiophene rings is 1. The van der Waals surface area contributed by atoms with Crippen molar-refractivity contribution in [2.75, 3.05) is 0 Å². The summed E-state index contributed by atoms with van der Waals surface area (Å²) in [5.74, 6) is -0.184. The van der Waals surface area contributed by atoms with E-state index in [1.165, 1.54) is 4.88 Å². The van der Waals surface area contributed by atoms with E-state index in [1.807, 2.05) is 51.1 Å². The van der Waals surface area contributed by atoms with Crippen molar-refractivity contribution in [1.29, 1.82) is 0 Å². The van der Waals surface area contributed by atoms with Gasteiger partial charge in [0.25, 0.3) is 5.91 Å². The van der Waals surface area contributed by atoms with Gasteiger partial charge >= 0.3 is 0 Å². The van der Waals surface area contributed by atoms with Gasteiger partial charge in [0.2, 0.25) is 0 Å². The van der Waals surface area contributed by atoms with Crippen LogP contribution in [0.5, 0.6) is 0 Å². The fourth-order valence-electron chi connectivity index (χ4n) is 1.67. The largest absolute Gasteiger partial charge is 0.271 e. The van der Waals surface area contributed by atoms with Gasteiger partial charge in [-0.15, -0.1) is 11.3 Å². The Bertz CT molecular complexity index is 629. The molecule has 0 saturated heterocycles. The Kier molecular flexibility index (Phi) is 4.12. The number of nitrogens with one attached hydrogen (secondary N) is 1. The molecule has 19 heavy (non-hydrogen) atoms. The topological polar surface area (TPSA) is 41.5 Å². The second kappa shape index (κ2) is 5.80. The van der Waals surface area contributed by atoms with E-state index in [0.717, 1.165) is 16.2 Å². The van der Waals surface area contributed by atoms with Crippen molar-refractivity contribution in [3.8, 4) is 0 Å². The van der Waals surface area contributed by atoms with Crippen molar-refractivity contribution in [3.05, 3.63) is 57.3 Å². The predicted molar refractivity (Wildman–Crippen MR) is 79.9 cm³/mol. The van der Waals surface area contributed by atoms with Crippen molar-refractivity contribution in [3.63, 3.8) is 0 Å². The highest BCUT2D eigenvalue weighted by Gasteiger charge is 2.05. The molecule has 0 saturated carbocycles. The highest BCUT2D eigenvalue weighted by molar-refractivity contribution is 7.14. The summed E-state index contributed by atoms with van der Waals surface area (Å²) in [5, 5.41) is 4.14. The highest BCUT2D eigenvalue weighted by atomic mass is 32.1.